The average Bonchev–Trinajstić information content (AvgIpc) is 2.52. The molecule has 1 rings (SSSR count). The zero-order valence-electron chi connectivity index (χ0n) is 9.82. The van der Waals surface area contributed by atoms with Gasteiger partial charge in [0.15, 0.2) is 0 Å². The fourth-order valence-electron chi connectivity index (χ4n) is 1.02. The molecule has 0 aliphatic heterocycles. The average molecular weight is 242 g/mol. The summed E-state index contributed by atoms with van der Waals surface area (Å²) in [6.45, 7) is 3.41. The van der Waals surface area contributed by atoms with E-state index in [2.05, 4.69) is 4.74 Å². The maximum atomic E-state index is 11.7. The molecule has 94 valence electrons. The molecule has 0 bridgehead atoms. The van der Waals surface area contributed by atoms with E-state index in [-0.39, 0.29) is 6.10 Å². The smallest absolute Gasteiger partial charge is 0.433 e. The van der Waals surface area contributed by atoms with Gasteiger partial charge in [0, 0.05) is 0 Å². The Balaban J connectivity index is 3.18. The Kier molecular flexibility index (Phi) is 4.38. The third-order valence-electron chi connectivity index (χ3n) is 1.68. The van der Waals surface area contributed by atoms with E-state index in [1.807, 2.05) is 0 Å². The fraction of sp³-hybridized carbons (Fsp3) is 0.400. The van der Waals surface area contributed by atoms with Crippen LogP contribution in [0.3, 0.4) is 0 Å². The number of hydrogen-bond acceptors (Lipinski definition) is 5. The van der Waals surface area contributed by atoms with Crippen LogP contribution >= 0.6 is 0 Å². The van der Waals surface area contributed by atoms with Crippen molar-refractivity contribution in [3.8, 4) is 0 Å². The van der Waals surface area contributed by atoms with Crippen molar-refractivity contribution in [3.05, 3.63) is 24.9 Å². The third-order valence-corrected chi connectivity index (χ3v) is 1.68. The molecule has 0 N–H and O–H groups in total. The van der Waals surface area contributed by atoms with Gasteiger partial charge in [0.1, 0.15) is 12.5 Å². The summed E-state index contributed by atoms with van der Waals surface area (Å²) in [5.41, 5.74) is 0. The number of aromatic nitrogens is 2. The van der Waals surface area contributed by atoms with E-state index >= 15 is 0 Å². The van der Waals surface area contributed by atoms with Crippen molar-refractivity contribution in [1.29, 1.82) is 0 Å². The zero-order chi connectivity index (χ0) is 12.8. The SMILES string of the molecule is COC(=O)n1ccoccn1C(=O)OC(C)C. The lowest BCUT2D eigenvalue weighted by Crippen LogP contribution is -2.29. The maximum Gasteiger partial charge on any atom is 0.433 e. The third kappa shape index (κ3) is 3.40. The molecule has 0 saturated heterocycles. The van der Waals surface area contributed by atoms with E-state index in [0.717, 1.165) is 9.36 Å². The van der Waals surface area contributed by atoms with Gasteiger partial charge in [0.2, 0.25) is 0 Å². The lowest BCUT2D eigenvalue weighted by atomic mass is 10.5. The van der Waals surface area contributed by atoms with E-state index in [1.54, 1.807) is 13.8 Å². The van der Waals surface area contributed by atoms with Gasteiger partial charge in [-0.2, -0.15) is 9.36 Å². The minimum Gasteiger partial charge on any atom is -0.469 e. The molecular formula is C10H14N2O5. The van der Waals surface area contributed by atoms with Crippen molar-refractivity contribution in [2.45, 2.75) is 20.0 Å². The first-order chi connectivity index (χ1) is 8.06. The first-order valence-corrected chi connectivity index (χ1v) is 4.92. The number of carbonyl (C=O) groups excluding carboxylic acids is 2. The van der Waals surface area contributed by atoms with E-state index in [1.165, 1.54) is 32.0 Å². The van der Waals surface area contributed by atoms with Crippen LogP contribution in [-0.2, 0) is 9.47 Å². The summed E-state index contributed by atoms with van der Waals surface area (Å²) in [6.07, 6.45) is 3.21. The second-order valence-electron chi connectivity index (χ2n) is 3.30. The van der Waals surface area contributed by atoms with E-state index in [0.29, 0.717) is 0 Å². The lowest BCUT2D eigenvalue weighted by Gasteiger charge is -2.12. The molecule has 0 aliphatic carbocycles. The van der Waals surface area contributed by atoms with Crippen molar-refractivity contribution in [2.75, 3.05) is 7.11 Å². The van der Waals surface area contributed by atoms with Crippen LogP contribution in [0.5, 0.6) is 0 Å². The summed E-state index contributed by atoms with van der Waals surface area (Å²) in [6, 6.07) is 0. The highest BCUT2D eigenvalue weighted by molar-refractivity contribution is 5.75. The molecule has 0 aromatic carbocycles. The number of rotatable bonds is 1. The fourth-order valence-corrected chi connectivity index (χ4v) is 1.02. The Hall–Kier alpha value is -2.18. The monoisotopic (exact) mass is 242 g/mol. The largest absolute Gasteiger partial charge is 0.469 e. The van der Waals surface area contributed by atoms with Crippen LogP contribution in [0.25, 0.3) is 0 Å². The molecule has 0 amide bonds. The van der Waals surface area contributed by atoms with Crippen LogP contribution in [0.1, 0.15) is 13.8 Å². The summed E-state index contributed by atoms with van der Waals surface area (Å²) < 4.78 is 16.2. The molecule has 0 unspecified atom stereocenters. The van der Waals surface area contributed by atoms with Crippen LogP contribution in [0.4, 0.5) is 9.59 Å². The molecule has 1 heterocycles. The van der Waals surface area contributed by atoms with Crippen molar-refractivity contribution < 1.29 is 23.5 Å². The molecule has 0 atom stereocenters. The van der Waals surface area contributed by atoms with Gasteiger partial charge in [-0.1, -0.05) is 0 Å². The molecule has 0 fully saturated rings. The van der Waals surface area contributed by atoms with Crippen molar-refractivity contribution in [2.24, 2.45) is 0 Å². The summed E-state index contributed by atoms with van der Waals surface area (Å²) >= 11 is 0. The number of ether oxygens (including phenoxy) is 2. The number of methoxy groups -OCH3 is 1. The highest BCUT2D eigenvalue weighted by atomic mass is 16.6. The van der Waals surface area contributed by atoms with Gasteiger partial charge in [-0.05, 0) is 13.8 Å². The van der Waals surface area contributed by atoms with Gasteiger partial charge >= 0.3 is 12.2 Å². The van der Waals surface area contributed by atoms with E-state index in [4.69, 9.17) is 9.15 Å². The molecule has 0 aliphatic rings. The topological polar surface area (TPSA) is 75.6 Å². The van der Waals surface area contributed by atoms with Crippen molar-refractivity contribution in [3.63, 3.8) is 0 Å². The molecule has 1 aromatic rings. The highest BCUT2D eigenvalue weighted by Crippen LogP contribution is 1.97. The Labute approximate surface area is 97.8 Å². The Bertz CT molecular complexity index is 439. The standard InChI is InChI=1S/C10H14N2O5/c1-8(2)17-10(14)12-5-7-16-6-4-11(12)9(13)15-3/h4-8H,1-3H3. The summed E-state index contributed by atoms with van der Waals surface area (Å²) in [4.78, 5) is 23.1. The van der Waals surface area contributed by atoms with Crippen LogP contribution in [0, 0.1) is 0 Å². The van der Waals surface area contributed by atoms with Crippen LogP contribution < -0.4 is 0 Å². The van der Waals surface area contributed by atoms with Crippen LogP contribution in [0.15, 0.2) is 29.3 Å². The second kappa shape index (κ2) is 5.78. The minimum absolute atomic E-state index is 0.302. The Morgan fingerprint density at radius 1 is 1.12 bits per heavy atom. The summed E-state index contributed by atoms with van der Waals surface area (Å²) in [5.74, 6) is 0. The number of hydrogen-bond donors (Lipinski definition) is 0. The van der Waals surface area contributed by atoms with Crippen molar-refractivity contribution in [1.82, 2.24) is 9.36 Å². The zero-order valence-corrected chi connectivity index (χ0v) is 9.82. The summed E-state index contributed by atoms with van der Waals surface area (Å²) in [5, 5.41) is 0. The first kappa shape index (κ1) is 12.9. The van der Waals surface area contributed by atoms with Gasteiger partial charge < -0.3 is 13.9 Å². The van der Waals surface area contributed by atoms with Crippen LogP contribution in [0.2, 0.25) is 0 Å². The normalized spacial score (nSPS) is 9.88. The van der Waals surface area contributed by atoms with Gasteiger partial charge in [0.25, 0.3) is 0 Å². The van der Waals surface area contributed by atoms with Gasteiger partial charge in [-0.3, -0.25) is 0 Å². The molecule has 0 radical (unpaired) electrons. The van der Waals surface area contributed by atoms with Gasteiger partial charge in [0.05, 0.1) is 25.6 Å². The molecule has 0 spiro atoms. The predicted octanol–water partition coefficient (Wildman–Crippen LogP) is 2.01. The van der Waals surface area contributed by atoms with Crippen LogP contribution in [-0.4, -0.2) is 34.8 Å². The number of carbonyl (C=O) groups is 2. The van der Waals surface area contributed by atoms with Gasteiger partial charge in [-0.15, -0.1) is 0 Å². The molecule has 1 aromatic heterocycles. The molecular weight excluding hydrogens is 228 g/mol. The molecule has 0 saturated carbocycles. The molecule has 17 heavy (non-hydrogen) atoms. The Morgan fingerprint density at radius 2 is 1.65 bits per heavy atom. The Morgan fingerprint density at radius 3 is 2.12 bits per heavy atom. The summed E-state index contributed by atoms with van der Waals surface area (Å²) in [7, 11) is 1.21. The molecule has 7 nitrogen and oxygen atoms in total. The maximum absolute atomic E-state index is 11.7. The van der Waals surface area contributed by atoms with E-state index in [9.17, 15) is 9.59 Å². The number of nitrogens with zero attached hydrogens (tertiary/aromatic N) is 2. The first-order valence-electron chi connectivity index (χ1n) is 4.92. The molecule has 7 heteroatoms. The van der Waals surface area contributed by atoms with Gasteiger partial charge in [-0.25, -0.2) is 9.59 Å². The lowest BCUT2D eigenvalue weighted by molar-refractivity contribution is 0.107. The minimum atomic E-state index is -0.739. The predicted molar refractivity (Wildman–Crippen MR) is 57.1 cm³/mol. The van der Waals surface area contributed by atoms with E-state index < -0.39 is 12.2 Å². The quantitative estimate of drug-likeness (QED) is 0.752. The van der Waals surface area contributed by atoms with Crippen molar-refractivity contribution >= 4 is 12.2 Å². The second-order valence-corrected chi connectivity index (χ2v) is 3.30. The highest BCUT2D eigenvalue weighted by Gasteiger charge is 2.13.